The van der Waals surface area contributed by atoms with E-state index in [1.165, 1.54) is 32.8 Å². The standard InChI is InChI=1S/C23H32N2O6/c1-5-6-7-8-9-18-13-19(22(31-16-26)14-21(18)27)12-17(2)23(28)25-24-15-20(30-4)10-11-29-3/h10-16,20,27H,5-9H2,1-4H3,(H,25,28)/b11-10+,17-12+,24-15+. The fourth-order valence-electron chi connectivity index (χ4n) is 2.74. The van der Waals surface area contributed by atoms with E-state index in [2.05, 4.69) is 17.5 Å². The molecule has 0 saturated heterocycles. The second-order valence-corrected chi connectivity index (χ2v) is 6.85. The summed E-state index contributed by atoms with van der Waals surface area (Å²) in [6.45, 7) is 4.03. The van der Waals surface area contributed by atoms with Crippen molar-refractivity contribution in [2.75, 3.05) is 14.2 Å². The van der Waals surface area contributed by atoms with Crippen molar-refractivity contribution in [2.24, 2.45) is 5.10 Å². The van der Waals surface area contributed by atoms with Crippen molar-refractivity contribution in [1.82, 2.24) is 5.43 Å². The first-order chi connectivity index (χ1) is 15.0. The smallest absolute Gasteiger partial charge is 0.298 e. The number of amides is 1. The van der Waals surface area contributed by atoms with Gasteiger partial charge in [-0.25, -0.2) is 5.43 Å². The maximum atomic E-state index is 12.4. The second-order valence-electron chi connectivity index (χ2n) is 6.85. The molecule has 0 saturated carbocycles. The molecule has 170 valence electrons. The highest BCUT2D eigenvalue weighted by Crippen LogP contribution is 2.31. The second kappa shape index (κ2) is 14.8. The Hall–Kier alpha value is -3.13. The molecule has 0 bridgehead atoms. The quantitative estimate of drug-likeness (QED) is 0.116. The average Bonchev–Trinajstić information content (AvgIpc) is 2.76. The van der Waals surface area contributed by atoms with E-state index in [9.17, 15) is 14.7 Å². The molecule has 0 radical (unpaired) electrons. The van der Waals surface area contributed by atoms with Crippen LogP contribution in [0.2, 0.25) is 0 Å². The lowest BCUT2D eigenvalue weighted by Crippen LogP contribution is -2.20. The van der Waals surface area contributed by atoms with Crippen LogP contribution in [0.4, 0.5) is 0 Å². The van der Waals surface area contributed by atoms with Crippen LogP contribution in [0.1, 0.15) is 50.7 Å². The van der Waals surface area contributed by atoms with E-state index in [1.54, 1.807) is 25.1 Å². The number of carbonyl (C=O) groups excluding carboxylic acids is 2. The number of ether oxygens (including phenoxy) is 3. The zero-order valence-electron chi connectivity index (χ0n) is 18.6. The number of rotatable bonds is 14. The minimum absolute atomic E-state index is 0.0620. The molecule has 1 atom stereocenters. The number of unbranched alkanes of at least 4 members (excludes halogenated alkanes) is 3. The Morgan fingerprint density at radius 3 is 2.68 bits per heavy atom. The normalized spacial score (nSPS) is 12.8. The van der Waals surface area contributed by atoms with Crippen molar-refractivity contribution >= 4 is 24.7 Å². The number of carbonyl (C=O) groups is 2. The molecule has 1 aromatic carbocycles. The molecule has 0 heterocycles. The van der Waals surface area contributed by atoms with Crippen LogP contribution < -0.4 is 10.2 Å². The maximum Gasteiger partial charge on any atom is 0.298 e. The van der Waals surface area contributed by atoms with Crippen LogP contribution in [0.15, 0.2) is 35.1 Å². The predicted octanol–water partition coefficient (Wildman–Crippen LogP) is 3.73. The van der Waals surface area contributed by atoms with Gasteiger partial charge in [0.05, 0.1) is 19.6 Å². The van der Waals surface area contributed by atoms with Crippen molar-refractivity contribution in [1.29, 1.82) is 0 Å². The zero-order valence-corrected chi connectivity index (χ0v) is 18.6. The Morgan fingerprint density at radius 2 is 2.03 bits per heavy atom. The van der Waals surface area contributed by atoms with E-state index >= 15 is 0 Å². The summed E-state index contributed by atoms with van der Waals surface area (Å²) in [5.41, 5.74) is 4.02. The Morgan fingerprint density at radius 1 is 1.26 bits per heavy atom. The van der Waals surface area contributed by atoms with Gasteiger partial charge < -0.3 is 19.3 Å². The highest BCUT2D eigenvalue weighted by molar-refractivity contribution is 5.97. The maximum absolute atomic E-state index is 12.4. The number of hydrogen-bond donors (Lipinski definition) is 2. The van der Waals surface area contributed by atoms with Crippen LogP contribution in [-0.4, -0.2) is 44.0 Å². The number of aromatic hydroxyl groups is 1. The van der Waals surface area contributed by atoms with E-state index in [0.717, 1.165) is 31.2 Å². The number of phenolic OH excluding ortho intramolecular Hbond substituents is 1. The first-order valence-electron chi connectivity index (χ1n) is 10.2. The van der Waals surface area contributed by atoms with Gasteiger partial charge in [0.25, 0.3) is 12.4 Å². The number of hydrazone groups is 1. The van der Waals surface area contributed by atoms with Crippen LogP contribution in [0.25, 0.3) is 6.08 Å². The number of phenols is 1. The van der Waals surface area contributed by atoms with Crippen LogP contribution >= 0.6 is 0 Å². The van der Waals surface area contributed by atoms with Crippen LogP contribution in [0.3, 0.4) is 0 Å². The van der Waals surface area contributed by atoms with Gasteiger partial charge in [-0.05, 0) is 43.5 Å². The van der Waals surface area contributed by atoms with Crippen LogP contribution in [0, 0.1) is 0 Å². The largest absolute Gasteiger partial charge is 0.508 e. The third-order valence-electron chi connectivity index (χ3n) is 4.48. The fraction of sp³-hybridized carbons (Fsp3) is 0.435. The predicted molar refractivity (Wildman–Crippen MR) is 120 cm³/mol. The first-order valence-corrected chi connectivity index (χ1v) is 10.2. The molecule has 0 spiro atoms. The van der Waals surface area contributed by atoms with E-state index in [0.29, 0.717) is 17.6 Å². The minimum Gasteiger partial charge on any atom is -0.508 e. The van der Waals surface area contributed by atoms with Crippen molar-refractivity contribution in [3.63, 3.8) is 0 Å². The van der Waals surface area contributed by atoms with Gasteiger partial charge in [-0.2, -0.15) is 5.10 Å². The number of methoxy groups -OCH3 is 2. The molecule has 1 aromatic rings. The Labute approximate surface area is 183 Å². The third-order valence-corrected chi connectivity index (χ3v) is 4.48. The summed E-state index contributed by atoms with van der Waals surface area (Å²) in [5, 5.41) is 14.1. The van der Waals surface area contributed by atoms with Gasteiger partial charge in [-0.1, -0.05) is 26.2 Å². The highest BCUT2D eigenvalue weighted by Gasteiger charge is 2.12. The van der Waals surface area contributed by atoms with Gasteiger partial charge in [-0.15, -0.1) is 0 Å². The average molecular weight is 433 g/mol. The fourth-order valence-corrected chi connectivity index (χ4v) is 2.74. The minimum atomic E-state index is -0.454. The van der Waals surface area contributed by atoms with E-state index < -0.39 is 12.0 Å². The van der Waals surface area contributed by atoms with Crippen molar-refractivity contribution in [3.8, 4) is 11.5 Å². The van der Waals surface area contributed by atoms with Gasteiger partial charge in [0.15, 0.2) is 0 Å². The van der Waals surface area contributed by atoms with Gasteiger partial charge in [-0.3, -0.25) is 9.59 Å². The summed E-state index contributed by atoms with van der Waals surface area (Å²) in [6.07, 6.45) is 10.6. The molecule has 0 aliphatic rings. The van der Waals surface area contributed by atoms with E-state index in [1.807, 2.05) is 0 Å². The molecule has 1 unspecified atom stereocenters. The Kier molecular flexibility index (Phi) is 12.4. The highest BCUT2D eigenvalue weighted by atomic mass is 16.5. The molecular formula is C23H32N2O6. The number of benzene rings is 1. The summed E-state index contributed by atoms with van der Waals surface area (Å²) < 4.78 is 14.9. The van der Waals surface area contributed by atoms with Crippen molar-refractivity contribution in [3.05, 3.63) is 41.2 Å². The summed E-state index contributed by atoms with van der Waals surface area (Å²) in [7, 11) is 3.02. The summed E-state index contributed by atoms with van der Waals surface area (Å²) >= 11 is 0. The molecule has 8 heteroatoms. The summed E-state index contributed by atoms with van der Waals surface area (Å²) in [4.78, 5) is 23.2. The first kappa shape index (κ1) is 25.9. The zero-order chi connectivity index (χ0) is 23.1. The number of nitrogens with zero attached hydrogens (tertiary/aromatic N) is 1. The third kappa shape index (κ3) is 9.48. The molecule has 8 nitrogen and oxygen atoms in total. The molecule has 1 rings (SSSR count). The van der Waals surface area contributed by atoms with Crippen LogP contribution in [-0.2, 0) is 25.5 Å². The van der Waals surface area contributed by atoms with Gasteiger partial charge in [0.2, 0.25) is 0 Å². The van der Waals surface area contributed by atoms with E-state index in [-0.39, 0.29) is 18.0 Å². The van der Waals surface area contributed by atoms with Crippen molar-refractivity contribution in [2.45, 2.75) is 52.1 Å². The number of nitrogens with one attached hydrogen (secondary N) is 1. The van der Waals surface area contributed by atoms with Gasteiger partial charge in [0, 0.05) is 24.3 Å². The molecule has 2 N–H and O–H groups in total. The lowest BCUT2D eigenvalue weighted by atomic mass is 10.0. The molecule has 0 aromatic heterocycles. The summed E-state index contributed by atoms with van der Waals surface area (Å²) in [6, 6.07) is 3.13. The number of hydrogen-bond acceptors (Lipinski definition) is 7. The van der Waals surface area contributed by atoms with Crippen molar-refractivity contribution < 1.29 is 28.9 Å². The SMILES string of the molecule is CCCCCCc1cc(/C=C(\C)C(=O)N/N=C/C(/C=C/OC)OC)c(OC=O)cc1O. The topological polar surface area (TPSA) is 106 Å². The monoisotopic (exact) mass is 432 g/mol. The Bertz CT molecular complexity index is 802. The molecular weight excluding hydrogens is 400 g/mol. The van der Waals surface area contributed by atoms with E-state index in [4.69, 9.17) is 14.2 Å². The summed E-state index contributed by atoms with van der Waals surface area (Å²) in [5.74, 6) is -0.201. The van der Waals surface area contributed by atoms with Crippen LogP contribution in [0.5, 0.6) is 11.5 Å². The molecule has 0 aliphatic heterocycles. The molecule has 1 amide bonds. The molecule has 0 aliphatic carbocycles. The Balaban J connectivity index is 2.97. The van der Waals surface area contributed by atoms with Gasteiger partial charge in [0.1, 0.15) is 17.6 Å². The lowest BCUT2D eigenvalue weighted by molar-refractivity contribution is -0.120. The molecule has 31 heavy (non-hydrogen) atoms. The number of aryl methyl sites for hydroxylation is 1. The van der Waals surface area contributed by atoms with Gasteiger partial charge >= 0.3 is 0 Å². The lowest BCUT2D eigenvalue weighted by Gasteiger charge is -2.11. The molecule has 0 fully saturated rings.